The Morgan fingerprint density at radius 1 is 0.968 bits per heavy atom. The molecule has 0 aliphatic rings. The Bertz CT molecular complexity index is 1200. The summed E-state index contributed by atoms with van der Waals surface area (Å²) in [6, 6.07) is 15.5. The second-order valence-electron chi connectivity index (χ2n) is 7.30. The first-order valence-corrected chi connectivity index (χ1v) is 11.2. The zero-order valence-corrected chi connectivity index (χ0v) is 18.4. The lowest BCUT2D eigenvalue weighted by molar-refractivity contribution is 0.581. The summed E-state index contributed by atoms with van der Waals surface area (Å²) in [4.78, 5) is 9.71. The van der Waals surface area contributed by atoms with Crippen molar-refractivity contribution in [2.45, 2.75) is 30.5 Å². The standard InChI is InChI=1S/C23H23N5O2S/c1-15(2)31(29)19-9-7-17(8-10-19)20-13-25-14-21(26-20)23-28-27-22(30-23)18-6-4-5-16(11-18)12-24-3/h4-11,13-15,24H,12H2,1-3H3. The van der Waals surface area contributed by atoms with Crippen LogP contribution in [0.25, 0.3) is 34.3 Å². The quantitative estimate of drug-likeness (QED) is 0.469. The third-order valence-electron chi connectivity index (χ3n) is 4.64. The third kappa shape index (κ3) is 4.76. The van der Waals surface area contributed by atoms with Gasteiger partial charge in [-0.3, -0.25) is 9.19 Å². The van der Waals surface area contributed by atoms with E-state index in [2.05, 4.69) is 25.5 Å². The van der Waals surface area contributed by atoms with Crippen LogP contribution in [0.1, 0.15) is 19.4 Å². The average Bonchev–Trinajstić information content (AvgIpc) is 3.30. The van der Waals surface area contributed by atoms with Gasteiger partial charge in [-0.25, -0.2) is 4.98 Å². The molecule has 0 saturated heterocycles. The molecule has 0 amide bonds. The lowest BCUT2D eigenvalue weighted by Crippen LogP contribution is -2.05. The number of hydrogen-bond donors (Lipinski definition) is 1. The molecule has 2 heterocycles. The van der Waals surface area contributed by atoms with Crippen LogP contribution < -0.4 is 5.32 Å². The highest BCUT2D eigenvalue weighted by Gasteiger charge is 2.14. The summed E-state index contributed by atoms with van der Waals surface area (Å²) in [5, 5.41) is 11.5. The molecule has 7 nitrogen and oxygen atoms in total. The maximum absolute atomic E-state index is 12.3. The van der Waals surface area contributed by atoms with Crippen LogP contribution in [-0.2, 0) is 17.3 Å². The van der Waals surface area contributed by atoms with Gasteiger partial charge in [-0.15, -0.1) is 10.2 Å². The first kappa shape index (κ1) is 21.0. The fourth-order valence-corrected chi connectivity index (χ4v) is 4.05. The van der Waals surface area contributed by atoms with Crippen molar-refractivity contribution in [1.82, 2.24) is 25.5 Å². The van der Waals surface area contributed by atoms with Crippen molar-refractivity contribution in [2.24, 2.45) is 0 Å². The first-order valence-electron chi connectivity index (χ1n) is 9.96. The number of hydrogen-bond acceptors (Lipinski definition) is 7. The van der Waals surface area contributed by atoms with Crippen LogP contribution in [0.4, 0.5) is 0 Å². The molecule has 8 heteroatoms. The summed E-state index contributed by atoms with van der Waals surface area (Å²) >= 11 is 0. The van der Waals surface area contributed by atoms with Gasteiger partial charge in [-0.05, 0) is 36.9 Å². The van der Waals surface area contributed by atoms with Crippen LogP contribution in [-0.4, -0.2) is 36.7 Å². The van der Waals surface area contributed by atoms with E-state index in [9.17, 15) is 4.21 Å². The molecule has 0 spiro atoms. The summed E-state index contributed by atoms with van der Waals surface area (Å²) in [5.41, 5.74) is 4.03. The molecule has 4 rings (SSSR count). The van der Waals surface area contributed by atoms with Gasteiger partial charge in [0.05, 0.1) is 28.9 Å². The van der Waals surface area contributed by atoms with Crippen molar-refractivity contribution in [3.63, 3.8) is 0 Å². The molecular weight excluding hydrogens is 410 g/mol. The highest BCUT2D eigenvalue weighted by atomic mass is 32.2. The SMILES string of the molecule is CNCc1cccc(-c2nnc(-c3cncc(-c4ccc(S(=O)C(C)C)cc4)n3)o2)c1. The molecule has 31 heavy (non-hydrogen) atoms. The summed E-state index contributed by atoms with van der Waals surface area (Å²) < 4.78 is 18.1. The number of benzene rings is 2. The topological polar surface area (TPSA) is 93.8 Å². The zero-order chi connectivity index (χ0) is 21.8. The van der Waals surface area contributed by atoms with Crippen LogP contribution in [0, 0.1) is 0 Å². The predicted octanol–water partition coefficient (Wildman–Crippen LogP) is 4.10. The number of nitrogens with one attached hydrogen (secondary N) is 1. The molecule has 2 aromatic heterocycles. The zero-order valence-electron chi connectivity index (χ0n) is 17.6. The summed E-state index contributed by atoms with van der Waals surface area (Å²) in [7, 11) is 0.877. The summed E-state index contributed by atoms with van der Waals surface area (Å²) in [5.74, 6) is 0.738. The van der Waals surface area contributed by atoms with Gasteiger partial charge in [-0.1, -0.05) is 38.1 Å². The normalized spacial score (nSPS) is 12.3. The second kappa shape index (κ2) is 9.28. The fraction of sp³-hybridized carbons (Fsp3) is 0.217. The Hall–Kier alpha value is -3.23. The predicted molar refractivity (Wildman–Crippen MR) is 121 cm³/mol. The Balaban J connectivity index is 1.59. The summed E-state index contributed by atoms with van der Waals surface area (Å²) in [6.07, 6.45) is 3.27. The highest BCUT2D eigenvalue weighted by Crippen LogP contribution is 2.25. The number of rotatable bonds is 7. The molecule has 1 atom stereocenters. The monoisotopic (exact) mass is 433 g/mol. The highest BCUT2D eigenvalue weighted by molar-refractivity contribution is 7.85. The van der Waals surface area contributed by atoms with E-state index in [4.69, 9.17) is 4.42 Å². The van der Waals surface area contributed by atoms with Crippen LogP contribution in [0.3, 0.4) is 0 Å². The molecule has 1 N–H and O–H groups in total. The number of nitrogens with zero attached hydrogens (tertiary/aromatic N) is 4. The van der Waals surface area contributed by atoms with E-state index >= 15 is 0 Å². The van der Waals surface area contributed by atoms with Gasteiger partial charge in [0, 0.05) is 27.8 Å². The van der Waals surface area contributed by atoms with E-state index < -0.39 is 10.8 Å². The van der Waals surface area contributed by atoms with E-state index in [0.29, 0.717) is 23.2 Å². The Morgan fingerprint density at radius 2 is 1.71 bits per heavy atom. The fourth-order valence-electron chi connectivity index (χ4n) is 3.10. The van der Waals surface area contributed by atoms with E-state index in [0.717, 1.165) is 28.1 Å². The van der Waals surface area contributed by atoms with Gasteiger partial charge >= 0.3 is 0 Å². The van der Waals surface area contributed by atoms with Crippen molar-refractivity contribution in [3.05, 3.63) is 66.5 Å². The molecule has 0 bridgehead atoms. The van der Waals surface area contributed by atoms with Gasteiger partial charge in [0.2, 0.25) is 5.89 Å². The minimum Gasteiger partial charge on any atom is -0.415 e. The molecule has 1 unspecified atom stereocenters. The molecule has 0 radical (unpaired) electrons. The first-order chi connectivity index (χ1) is 15.0. The Labute approximate surface area is 183 Å². The second-order valence-corrected chi connectivity index (χ2v) is 9.31. The van der Waals surface area contributed by atoms with Crippen molar-refractivity contribution in [2.75, 3.05) is 7.05 Å². The van der Waals surface area contributed by atoms with Crippen LogP contribution in [0.2, 0.25) is 0 Å². The molecule has 2 aromatic carbocycles. The molecule has 4 aromatic rings. The van der Waals surface area contributed by atoms with E-state index in [1.165, 1.54) is 0 Å². The number of aromatic nitrogens is 4. The van der Waals surface area contributed by atoms with Gasteiger partial charge in [0.1, 0.15) is 5.69 Å². The van der Waals surface area contributed by atoms with Crippen molar-refractivity contribution >= 4 is 10.8 Å². The molecule has 0 saturated carbocycles. The van der Waals surface area contributed by atoms with Gasteiger partial charge < -0.3 is 9.73 Å². The minimum absolute atomic E-state index is 0.0691. The van der Waals surface area contributed by atoms with E-state index in [-0.39, 0.29) is 5.25 Å². The Morgan fingerprint density at radius 3 is 2.45 bits per heavy atom. The lowest BCUT2D eigenvalue weighted by atomic mass is 10.1. The van der Waals surface area contributed by atoms with Gasteiger partial charge in [0.25, 0.3) is 5.89 Å². The molecule has 0 aliphatic heterocycles. The minimum atomic E-state index is -1.03. The van der Waals surface area contributed by atoms with Crippen LogP contribution >= 0.6 is 0 Å². The molecular formula is C23H23N5O2S. The van der Waals surface area contributed by atoms with Crippen molar-refractivity contribution < 1.29 is 8.63 Å². The van der Waals surface area contributed by atoms with Gasteiger partial charge in [0.15, 0.2) is 0 Å². The molecule has 0 aliphatic carbocycles. The maximum atomic E-state index is 12.3. The smallest absolute Gasteiger partial charge is 0.268 e. The Kier molecular flexibility index (Phi) is 6.29. The maximum Gasteiger partial charge on any atom is 0.268 e. The van der Waals surface area contributed by atoms with Crippen molar-refractivity contribution in [3.8, 4) is 34.3 Å². The largest absolute Gasteiger partial charge is 0.415 e. The third-order valence-corrected chi connectivity index (χ3v) is 6.24. The molecule has 158 valence electrons. The van der Waals surface area contributed by atoms with Crippen molar-refractivity contribution in [1.29, 1.82) is 0 Å². The van der Waals surface area contributed by atoms with Crippen LogP contribution in [0.5, 0.6) is 0 Å². The van der Waals surface area contributed by atoms with Gasteiger partial charge in [-0.2, -0.15) is 0 Å². The van der Waals surface area contributed by atoms with Crippen LogP contribution in [0.15, 0.2) is 70.2 Å². The van der Waals surface area contributed by atoms with E-state index in [1.807, 2.05) is 69.4 Å². The average molecular weight is 434 g/mol. The lowest BCUT2D eigenvalue weighted by Gasteiger charge is -2.07. The molecule has 0 fully saturated rings. The van der Waals surface area contributed by atoms with E-state index in [1.54, 1.807) is 12.4 Å². The summed E-state index contributed by atoms with van der Waals surface area (Å²) in [6.45, 7) is 4.63.